The summed E-state index contributed by atoms with van der Waals surface area (Å²) in [6.45, 7) is 12.8. The highest BCUT2D eigenvalue weighted by Crippen LogP contribution is 2.26. The fourth-order valence-electron chi connectivity index (χ4n) is 3.04. The second-order valence-corrected chi connectivity index (χ2v) is 12.5. The lowest BCUT2D eigenvalue weighted by Gasteiger charge is -2.39. The number of allylic oxidation sites excluding steroid dienone is 2. The van der Waals surface area contributed by atoms with Crippen molar-refractivity contribution in [3.05, 3.63) is 12.2 Å². The smallest absolute Gasteiger partial charge is 0.303 e. The molecule has 1 fully saturated rings. The molecule has 1 saturated heterocycles. The minimum atomic E-state index is -1.67. The monoisotopic (exact) mass is 372 g/mol. The number of unbranched alkanes of at least 4 members (excludes halogenated alkanes) is 1. The van der Waals surface area contributed by atoms with Gasteiger partial charge in [-0.1, -0.05) is 26.0 Å². The topological polar surface area (TPSA) is 65.0 Å². The number of carboxylic acid groups (broad SMARTS) is 1. The Kier molecular flexibility index (Phi) is 9.35. The van der Waals surface area contributed by atoms with Crippen LogP contribution in [0.3, 0.4) is 0 Å². The van der Waals surface area contributed by atoms with Gasteiger partial charge < -0.3 is 19.0 Å². The maximum Gasteiger partial charge on any atom is 0.303 e. The summed E-state index contributed by atoms with van der Waals surface area (Å²) in [4.78, 5) is 10.4. The van der Waals surface area contributed by atoms with Crippen LogP contribution in [-0.4, -0.2) is 45.0 Å². The summed E-state index contributed by atoms with van der Waals surface area (Å²) >= 11 is 0. The first-order chi connectivity index (χ1) is 11.6. The Hall–Kier alpha value is -0.693. The second kappa shape index (κ2) is 10.5. The molecule has 0 amide bonds. The van der Waals surface area contributed by atoms with Crippen LogP contribution in [0.1, 0.15) is 46.5 Å². The lowest BCUT2D eigenvalue weighted by atomic mass is 10.1. The summed E-state index contributed by atoms with van der Waals surface area (Å²) in [5.41, 5.74) is 0. The Morgan fingerprint density at radius 2 is 1.96 bits per heavy atom. The molecular formula is C19H36O5Si. The van der Waals surface area contributed by atoms with Crippen LogP contribution in [-0.2, 0) is 18.7 Å². The molecule has 0 unspecified atom stereocenters. The van der Waals surface area contributed by atoms with Crippen LogP contribution in [0.5, 0.6) is 0 Å². The van der Waals surface area contributed by atoms with Gasteiger partial charge in [-0.2, -0.15) is 0 Å². The van der Waals surface area contributed by atoms with Gasteiger partial charge in [0, 0.05) is 12.3 Å². The van der Waals surface area contributed by atoms with Crippen molar-refractivity contribution in [2.75, 3.05) is 19.8 Å². The third-order valence-corrected chi connectivity index (χ3v) is 7.00. The van der Waals surface area contributed by atoms with Gasteiger partial charge in [0.15, 0.2) is 14.1 Å². The van der Waals surface area contributed by atoms with E-state index in [2.05, 4.69) is 39.1 Å². The quantitative estimate of drug-likeness (QED) is 0.330. The first-order valence-corrected chi connectivity index (χ1v) is 12.5. The molecule has 0 saturated carbocycles. The summed E-state index contributed by atoms with van der Waals surface area (Å²) in [5.74, 6) is -0.370. The third kappa shape index (κ3) is 10.1. The predicted molar refractivity (Wildman–Crippen MR) is 102 cm³/mol. The molecule has 1 rings (SSSR count). The molecule has 1 heterocycles. The van der Waals surface area contributed by atoms with E-state index in [9.17, 15) is 4.79 Å². The van der Waals surface area contributed by atoms with Crippen molar-refractivity contribution in [1.29, 1.82) is 0 Å². The lowest BCUT2D eigenvalue weighted by Crippen LogP contribution is -2.48. The number of hydrogen-bond donors (Lipinski definition) is 1. The number of aliphatic carboxylic acids is 1. The van der Waals surface area contributed by atoms with Gasteiger partial charge in [0.1, 0.15) is 0 Å². The molecule has 5 nitrogen and oxygen atoms in total. The Morgan fingerprint density at radius 1 is 1.32 bits per heavy atom. The minimum absolute atomic E-state index is 0.231. The molecule has 0 aromatic heterocycles. The Morgan fingerprint density at radius 3 is 2.52 bits per heavy atom. The SMILES string of the molecule is CC(C)C[Si](C)(C)OCC1(C)OCC(C/C=C\CCCC(=O)O)CO1. The molecule has 0 radical (unpaired) electrons. The molecule has 6 heteroatoms. The number of rotatable bonds is 11. The lowest BCUT2D eigenvalue weighted by molar-refractivity contribution is -0.283. The van der Waals surface area contributed by atoms with Gasteiger partial charge in [-0.3, -0.25) is 4.79 Å². The van der Waals surface area contributed by atoms with E-state index < -0.39 is 20.1 Å². The van der Waals surface area contributed by atoms with E-state index in [0.717, 1.165) is 18.9 Å². The van der Waals surface area contributed by atoms with Crippen molar-refractivity contribution >= 4 is 14.3 Å². The van der Waals surface area contributed by atoms with Gasteiger partial charge >= 0.3 is 5.97 Å². The van der Waals surface area contributed by atoms with Crippen molar-refractivity contribution < 1.29 is 23.8 Å². The normalized spacial score (nSPS) is 25.0. The summed E-state index contributed by atoms with van der Waals surface area (Å²) in [7, 11) is -1.67. The number of ether oxygens (including phenoxy) is 2. The van der Waals surface area contributed by atoms with E-state index in [4.69, 9.17) is 19.0 Å². The molecule has 146 valence electrons. The van der Waals surface area contributed by atoms with Crippen molar-refractivity contribution in [3.8, 4) is 0 Å². The van der Waals surface area contributed by atoms with E-state index in [0.29, 0.717) is 38.1 Å². The third-order valence-electron chi connectivity index (χ3n) is 4.27. The molecular weight excluding hydrogens is 336 g/mol. The minimum Gasteiger partial charge on any atom is -0.481 e. The van der Waals surface area contributed by atoms with Gasteiger partial charge in [0.2, 0.25) is 0 Å². The summed E-state index contributed by atoms with van der Waals surface area (Å²) in [6, 6.07) is 1.14. The van der Waals surface area contributed by atoms with Crippen LogP contribution in [0, 0.1) is 11.8 Å². The van der Waals surface area contributed by atoms with Gasteiger partial charge in [-0.15, -0.1) is 0 Å². The Balaban J connectivity index is 2.25. The van der Waals surface area contributed by atoms with E-state index in [1.807, 2.05) is 6.92 Å². The van der Waals surface area contributed by atoms with Crippen LogP contribution in [0.25, 0.3) is 0 Å². The zero-order valence-electron chi connectivity index (χ0n) is 16.5. The molecule has 1 aliphatic rings. The number of carbonyl (C=O) groups is 1. The zero-order chi connectivity index (χ0) is 18.9. The number of carboxylic acids is 1. The highest BCUT2D eigenvalue weighted by molar-refractivity contribution is 6.71. The molecule has 0 aromatic carbocycles. The zero-order valence-corrected chi connectivity index (χ0v) is 17.5. The molecule has 0 aliphatic carbocycles. The molecule has 0 atom stereocenters. The molecule has 25 heavy (non-hydrogen) atoms. The molecule has 0 spiro atoms. The largest absolute Gasteiger partial charge is 0.481 e. The molecule has 1 aliphatic heterocycles. The van der Waals surface area contributed by atoms with Crippen molar-refractivity contribution in [2.24, 2.45) is 11.8 Å². The second-order valence-electron chi connectivity index (χ2n) is 8.26. The summed E-state index contributed by atoms with van der Waals surface area (Å²) < 4.78 is 18.1. The highest BCUT2D eigenvalue weighted by atomic mass is 28.4. The fourth-order valence-corrected chi connectivity index (χ4v) is 5.78. The van der Waals surface area contributed by atoms with Crippen molar-refractivity contribution in [3.63, 3.8) is 0 Å². The number of hydrogen-bond acceptors (Lipinski definition) is 4. The summed E-state index contributed by atoms with van der Waals surface area (Å²) in [5, 5.41) is 8.59. The first kappa shape index (κ1) is 22.3. The predicted octanol–water partition coefficient (Wildman–Crippen LogP) is 4.44. The van der Waals surface area contributed by atoms with Gasteiger partial charge in [-0.25, -0.2) is 0 Å². The van der Waals surface area contributed by atoms with Crippen LogP contribution in [0.2, 0.25) is 19.1 Å². The fraction of sp³-hybridized carbons (Fsp3) is 0.842. The maximum atomic E-state index is 10.4. The van der Waals surface area contributed by atoms with Crippen molar-refractivity contribution in [1.82, 2.24) is 0 Å². The maximum absolute atomic E-state index is 10.4. The molecule has 0 aromatic rings. The summed E-state index contributed by atoms with van der Waals surface area (Å²) in [6.07, 6.45) is 6.79. The van der Waals surface area contributed by atoms with Gasteiger partial charge in [0.05, 0.1) is 19.8 Å². The highest BCUT2D eigenvalue weighted by Gasteiger charge is 2.35. The molecule has 0 bridgehead atoms. The Labute approximate surface area is 153 Å². The van der Waals surface area contributed by atoms with E-state index in [1.165, 1.54) is 0 Å². The van der Waals surface area contributed by atoms with Gasteiger partial charge in [-0.05, 0) is 51.2 Å². The van der Waals surface area contributed by atoms with Gasteiger partial charge in [0.25, 0.3) is 0 Å². The standard InChI is InChI=1S/C19H36O5Si/c1-16(2)14-25(4,5)24-15-19(3)22-12-17(13-23-19)10-8-6-7-9-11-18(20)21/h6,8,16-17H,7,9-15H2,1-5H3,(H,20,21)/b8-6-. The van der Waals surface area contributed by atoms with E-state index in [-0.39, 0.29) is 6.42 Å². The first-order valence-electron chi connectivity index (χ1n) is 9.40. The van der Waals surface area contributed by atoms with Crippen LogP contribution in [0.4, 0.5) is 0 Å². The van der Waals surface area contributed by atoms with E-state index >= 15 is 0 Å². The Bertz CT molecular complexity index is 426. The molecule has 1 N–H and O–H groups in total. The average molecular weight is 373 g/mol. The van der Waals surface area contributed by atoms with Crippen LogP contribution < -0.4 is 0 Å². The average Bonchev–Trinajstić information content (AvgIpc) is 2.49. The van der Waals surface area contributed by atoms with Crippen molar-refractivity contribution in [2.45, 2.75) is 71.4 Å². The van der Waals surface area contributed by atoms with E-state index in [1.54, 1.807) is 0 Å². The van der Waals surface area contributed by atoms with Crippen LogP contribution >= 0.6 is 0 Å². The van der Waals surface area contributed by atoms with Crippen LogP contribution in [0.15, 0.2) is 12.2 Å².